The van der Waals surface area contributed by atoms with Crippen LogP contribution in [0.4, 0.5) is 5.69 Å². The second-order valence-corrected chi connectivity index (χ2v) is 7.55. The predicted molar refractivity (Wildman–Crippen MR) is 108 cm³/mol. The van der Waals surface area contributed by atoms with Gasteiger partial charge < -0.3 is 15.8 Å². The summed E-state index contributed by atoms with van der Waals surface area (Å²) < 4.78 is 32.3. The summed E-state index contributed by atoms with van der Waals surface area (Å²) in [5.74, 6) is 0.214. The largest absolute Gasteiger partial charge is 0.481 e. The van der Waals surface area contributed by atoms with Gasteiger partial charge in [0.15, 0.2) is 6.10 Å². The van der Waals surface area contributed by atoms with Crippen LogP contribution in [0.3, 0.4) is 0 Å². The van der Waals surface area contributed by atoms with Gasteiger partial charge in [-0.15, -0.1) is 12.4 Å². The first-order valence-electron chi connectivity index (χ1n) is 8.16. The fourth-order valence-corrected chi connectivity index (χ4v) is 3.30. The maximum Gasteiger partial charge on any atom is 0.265 e. The molecule has 0 aromatic heterocycles. The highest BCUT2D eigenvalue weighted by Gasteiger charge is 2.17. The van der Waals surface area contributed by atoms with Crippen LogP contribution in [0.25, 0.3) is 0 Å². The molecule has 0 aliphatic carbocycles. The lowest BCUT2D eigenvalue weighted by Crippen LogP contribution is -2.31. The molecule has 0 saturated carbocycles. The average Bonchev–Trinajstić information content (AvgIpc) is 2.60. The van der Waals surface area contributed by atoms with Crippen molar-refractivity contribution in [2.24, 2.45) is 5.73 Å². The van der Waals surface area contributed by atoms with Crippen molar-refractivity contribution in [2.45, 2.75) is 24.8 Å². The molecule has 0 heterocycles. The second-order valence-electron chi connectivity index (χ2n) is 5.78. The summed E-state index contributed by atoms with van der Waals surface area (Å²) in [4.78, 5) is 12.4. The number of halogens is 1. The van der Waals surface area contributed by atoms with Crippen LogP contribution < -0.4 is 20.5 Å². The molecule has 2 aromatic carbocycles. The Bertz CT molecular complexity index is 874. The van der Waals surface area contributed by atoms with Gasteiger partial charge in [0, 0.05) is 18.8 Å². The van der Waals surface area contributed by atoms with Crippen LogP contribution in [0.2, 0.25) is 0 Å². The van der Waals surface area contributed by atoms with Crippen molar-refractivity contribution in [3.63, 3.8) is 0 Å². The quantitative estimate of drug-likeness (QED) is 0.613. The Balaban J connectivity index is 0.00000364. The van der Waals surface area contributed by atoms with Gasteiger partial charge in [0.2, 0.25) is 10.0 Å². The van der Waals surface area contributed by atoms with E-state index >= 15 is 0 Å². The number of ether oxygens (including phenoxy) is 1. The Morgan fingerprint density at radius 2 is 1.89 bits per heavy atom. The number of nitrogens with two attached hydrogens (primary N) is 1. The minimum Gasteiger partial charge on any atom is -0.481 e. The normalized spacial score (nSPS) is 12.0. The number of aryl methyl sites for hydroxylation is 1. The molecule has 4 N–H and O–H groups in total. The number of rotatable bonds is 8. The van der Waals surface area contributed by atoms with E-state index in [4.69, 9.17) is 10.5 Å². The van der Waals surface area contributed by atoms with Gasteiger partial charge >= 0.3 is 0 Å². The van der Waals surface area contributed by atoms with E-state index in [0.717, 1.165) is 5.56 Å². The summed E-state index contributed by atoms with van der Waals surface area (Å²) in [6.45, 7) is 3.90. The molecular weight excluding hydrogens is 390 g/mol. The summed E-state index contributed by atoms with van der Waals surface area (Å²) in [5, 5.41) is 2.66. The third kappa shape index (κ3) is 6.84. The van der Waals surface area contributed by atoms with Crippen molar-refractivity contribution in [3.8, 4) is 5.75 Å². The first-order valence-corrected chi connectivity index (χ1v) is 9.64. The minimum absolute atomic E-state index is 0. The zero-order chi connectivity index (χ0) is 19.2. The van der Waals surface area contributed by atoms with E-state index in [2.05, 4.69) is 10.0 Å². The Labute approximate surface area is 165 Å². The van der Waals surface area contributed by atoms with Gasteiger partial charge in [-0.25, -0.2) is 13.1 Å². The van der Waals surface area contributed by atoms with E-state index in [1.54, 1.807) is 25.1 Å². The standard InChI is InChI=1S/C18H23N3O4S.ClH/c1-13-5-3-7-16(11-13)25-14(2)18(22)21-15-6-4-8-17(12-15)26(23,24)20-10-9-19;/h3-8,11-12,14,20H,9-10,19H2,1-2H3,(H,21,22);1H. The average molecular weight is 414 g/mol. The molecule has 0 saturated heterocycles. The zero-order valence-electron chi connectivity index (χ0n) is 15.1. The van der Waals surface area contributed by atoms with E-state index < -0.39 is 16.1 Å². The van der Waals surface area contributed by atoms with Crippen LogP contribution in [0.15, 0.2) is 53.4 Å². The number of benzene rings is 2. The van der Waals surface area contributed by atoms with Gasteiger partial charge in [-0.05, 0) is 49.7 Å². The highest BCUT2D eigenvalue weighted by atomic mass is 35.5. The van der Waals surface area contributed by atoms with Crippen LogP contribution in [-0.4, -0.2) is 33.5 Å². The number of nitrogens with one attached hydrogen (secondary N) is 2. The zero-order valence-corrected chi connectivity index (χ0v) is 16.8. The van der Waals surface area contributed by atoms with Gasteiger partial charge in [0.25, 0.3) is 5.91 Å². The molecule has 2 rings (SSSR count). The molecule has 0 bridgehead atoms. The molecule has 0 aliphatic rings. The Kier molecular flexibility index (Phi) is 8.71. The number of sulfonamides is 1. The predicted octanol–water partition coefficient (Wildman–Crippen LogP) is 2.06. The van der Waals surface area contributed by atoms with E-state index in [9.17, 15) is 13.2 Å². The van der Waals surface area contributed by atoms with Gasteiger partial charge in [-0.1, -0.05) is 18.2 Å². The van der Waals surface area contributed by atoms with Gasteiger partial charge in [0.05, 0.1) is 4.90 Å². The van der Waals surface area contributed by atoms with E-state index in [1.807, 2.05) is 25.1 Å². The molecule has 1 amide bonds. The van der Waals surface area contributed by atoms with Crippen molar-refractivity contribution >= 4 is 34.0 Å². The lowest BCUT2D eigenvalue weighted by atomic mass is 10.2. The van der Waals surface area contributed by atoms with Gasteiger partial charge in [-0.2, -0.15) is 0 Å². The third-order valence-electron chi connectivity index (χ3n) is 3.52. The van der Waals surface area contributed by atoms with Crippen LogP contribution in [0, 0.1) is 6.92 Å². The molecular formula is C18H24ClN3O4S. The van der Waals surface area contributed by atoms with Crippen molar-refractivity contribution in [1.29, 1.82) is 0 Å². The number of amides is 1. The van der Waals surface area contributed by atoms with E-state index in [1.165, 1.54) is 12.1 Å². The molecule has 1 unspecified atom stereocenters. The lowest BCUT2D eigenvalue weighted by Gasteiger charge is -2.15. The summed E-state index contributed by atoms with van der Waals surface area (Å²) >= 11 is 0. The summed E-state index contributed by atoms with van der Waals surface area (Å²) in [7, 11) is -3.67. The topological polar surface area (TPSA) is 111 Å². The van der Waals surface area contributed by atoms with Crippen LogP contribution in [0.1, 0.15) is 12.5 Å². The SMILES string of the molecule is Cc1cccc(OC(C)C(=O)Nc2cccc(S(=O)(=O)NCCN)c2)c1.Cl. The van der Waals surface area contributed by atoms with Crippen molar-refractivity contribution < 1.29 is 17.9 Å². The highest BCUT2D eigenvalue weighted by Crippen LogP contribution is 2.17. The molecule has 7 nitrogen and oxygen atoms in total. The number of hydrogen-bond acceptors (Lipinski definition) is 5. The molecule has 0 aliphatic heterocycles. The molecule has 2 aromatic rings. The third-order valence-corrected chi connectivity index (χ3v) is 4.98. The fraction of sp³-hybridized carbons (Fsp3) is 0.278. The molecule has 1 atom stereocenters. The monoisotopic (exact) mass is 413 g/mol. The number of carbonyl (C=O) groups excluding carboxylic acids is 1. The van der Waals surface area contributed by atoms with Crippen molar-refractivity contribution in [1.82, 2.24) is 4.72 Å². The summed E-state index contributed by atoms with van der Waals surface area (Å²) in [6.07, 6.45) is -0.743. The maximum absolute atomic E-state index is 12.3. The number of anilines is 1. The number of hydrogen-bond donors (Lipinski definition) is 3. The fourth-order valence-electron chi connectivity index (χ4n) is 2.21. The summed E-state index contributed by atoms with van der Waals surface area (Å²) in [6, 6.07) is 13.4. The van der Waals surface area contributed by atoms with Crippen LogP contribution in [-0.2, 0) is 14.8 Å². The molecule has 27 heavy (non-hydrogen) atoms. The molecule has 0 radical (unpaired) electrons. The molecule has 148 valence electrons. The first-order chi connectivity index (χ1) is 12.3. The van der Waals surface area contributed by atoms with E-state index in [0.29, 0.717) is 11.4 Å². The van der Waals surface area contributed by atoms with E-state index in [-0.39, 0.29) is 36.3 Å². The molecule has 0 spiro atoms. The van der Waals surface area contributed by atoms with Crippen molar-refractivity contribution in [2.75, 3.05) is 18.4 Å². The van der Waals surface area contributed by atoms with Crippen LogP contribution in [0.5, 0.6) is 5.75 Å². The van der Waals surface area contributed by atoms with Gasteiger partial charge in [0.1, 0.15) is 5.75 Å². The maximum atomic E-state index is 12.3. The molecule has 0 fully saturated rings. The first kappa shape index (κ1) is 22.9. The second kappa shape index (κ2) is 10.3. The molecule has 9 heteroatoms. The Morgan fingerprint density at radius 3 is 2.56 bits per heavy atom. The minimum atomic E-state index is -3.67. The number of carbonyl (C=O) groups is 1. The Morgan fingerprint density at radius 1 is 1.19 bits per heavy atom. The van der Waals surface area contributed by atoms with Crippen molar-refractivity contribution in [3.05, 3.63) is 54.1 Å². The smallest absolute Gasteiger partial charge is 0.265 e. The van der Waals surface area contributed by atoms with Gasteiger partial charge in [-0.3, -0.25) is 4.79 Å². The summed E-state index contributed by atoms with van der Waals surface area (Å²) in [5.41, 5.74) is 6.71. The Hall–Kier alpha value is -2.13. The highest BCUT2D eigenvalue weighted by molar-refractivity contribution is 7.89. The lowest BCUT2D eigenvalue weighted by molar-refractivity contribution is -0.122. The van der Waals surface area contributed by atoms with Crippen LogP contribution >= 0.6 is 12.4 Å².